The van der Waals surface area contributed by atoms with Gasteiger partial charge < -0.3 is 0 Å². The number of hydrogen-bond donors (Lipinski definition) is 0. The van der Waals surface area contributed by atoms with Crippen molar-refractivity contribution in [1.29, 1.82) is 5.26 Å². The molecule has 0 fully saturated rings. The van der Waals surface area contributed by atoms with E-state index in [1.54, 1.807) is 12.1 Å². The molecule has 1 rings (SSSR count). The van der Waals surface area contributed by atoms with Crippen molar-refractivity contribution in [1.82, 2.24) is 0 Å². The molecule has 0 N–H and O–H groups in total. The first kappa shape index (κ1) is 13.2. The second kappa shape index (κ2) is 6.00. The molecule has 0 saturated carbocycles. The van der Waals surface area contributed by atoms with Crippen LogP contribution in [0.15, 0.2) is 18.2 Å². The normalized spacial score (nSPS) is 10.2. The summed E-state index contributed by atoms with van der Waals surface area (Å²) in [5, 5.41) is 19.6. The zero-order chi connectivity index (χ0) is 12.8. The van der Waals surface area contributed by atoms with E-state index in [1.807, 2.05) is 19.9 Å². The molecular formula is C13H16N2O2. The van der Waals surface area contributed by atoms with Crippen LogP contribution in [-0.2, 0) is 6.42 Å². The van der Waals surface area contributed by atoms with Gasteiger partial charge in [0.2, 0.25) is 0 Å². The van der Waals surface area contributed by atoms with Gasteiger partial charge in [-0.25, -0.2) is 0 Å². The third-order valence-electron chi connectivity index (χ3n) is 2.69. The molecule has 0 aliphatic heterocycles. The van der Waals surface area contributed by atoms with Gasteiger partial charge in [-0.2, -0.15) is 5.26 Å². The highest BCUT2D eigenvalue weighted by Gasteiger charge is 2.20. The lowest BCUT2D eigenvalue weighted by Gasteiger charge is -2.09. The van der Waals surface area contributed by atoms with Crippen molar-refractivity contribution in [2.75, 3.05) is 0 Å². The summed E-state index contributed by atoms with van der Waals surface area (Å²) in [6, 6.07) is 7.49. The van der Waals surface area contributed by atoms with E-state index in [-0.39, 0.29) is 16.5 Å². The summed E-state index contributed by atoms with van der Waals surface area (Å²) in [7, 11) is 0. The van der Waals surface area contributed by atoms with Crippen molar-refractivity contribution >= 4 is 5.69 Å². The molecule has 17 heavy (non-hydrogen) atoms. The molecule has 0 aliphatic carbocycles. The number of para-hydroxylation sites is 1. The Bertz CT molecular complexity index is 447. The van der Waals surface area contributed by atoms with Crippen molar-refractivity contribution in [3.05, 3.63) is 39.4 Å². The number of aryl methyl sites for hydroxylation is 1. The van der Waals surface area contributed by atoms with Crippen molar-refractivity contribution < 1.29 is 4.92 Å². The Labute approximate surface area is 101 Å². The minimum atomic E-state index is -0.308. The topological polar surface area (TPSA) is 66.9 Å². The van der Waals surface area contributed by atoms with Crippen LogP contribution in [0.1, 0.15) is 43.7 Å². The third-order valence-corrected chi connectivity index (χ3v) is 2.69. The van der Waals surface area contributed by atoms with Gasteiger partial charge in [-0.05, 0) is 18.8 Å². The molecule has 0 bridgehead atoms. The summed E-state index contributed by atoms with van der Waals surface area (Å²) in [4.78, 5) is 10.8. The summed E-state index contributed by atoms with van der Waals surface area (Å²) in [5.41, 5.74) is 1.72. The Kier molecular flexibility index (Phi) is 4.65. The maximum absolute atomic E-state index is 11.1. The third kappa shape index (κ3) is 3.28. The fourth-order valence-electron chi connectivity index (χ4n) is 1.86. The SMILES string of the molecule is CC(C)c1cccc(CCCC#N)c1[N+](=O)[O-]. The highest BCUT2D eigenvalue weighted by molar-refractivity contribution is 5.49. The van der Waals surface area contributed by atoms with Gasteiger partial charge in [-0.15, -0.1) is 0 Å². The maximum Gasteiger partial charge on any atom is 0.275 e. The van der Waals surface area contributed by atoms with Gasteiger partial charge in [-0.1, -0.05) is 32.0 Å². The summed E-state index contributed by atoms with van der Waals surface area (Å²) >= 11 is 0. The Morgan fingerprint density at radius 3 is 2.71 bits per heavy atom. The van der Waals surface area contributed by atoms with Crippen LogP contribution in [0.25, 0.3) is 0 Å². The fraction of sp³-hybridized carbons (Fsp3) is 0.462. The predicted molar refractivity (Wildman–Crippen MR) is 65.7 cm³/mol. The minimum absolute atomic E-state index is 0.131. The molecule has 0 spiro atoms. The molecule has 4 heteroatoms. The average molecular weight is 232 g/mol. The summed E-state index contributed by atoms with van der Waals surface area (Å²) in [5.74, 6) is 0.131. The standard InChI is InChI=1S/C13H16N2O2/c1-10(2)12-8-5-7-11(6-3-4-9-14)13(12)15(16)17/h5,7-8,10H,3-4,6H2,1-2H3. The van der Waals surface area contributed by atoms with E-state index in [0.717, 1.165) is 11.1 Å². The van der Waals surface area contributed by atoms with Crippen LogP contribution in [0, 0.1) is 21.4 Å². The average Bonchev–Trinajstić information content (AvgIpc) is 2.28. The van der Waals surface area contributed by atoms with Gasteiger partial charge in [0.25, 0.3) is 5.69 Å². The van der Waals surface area contributed by atoms with Gasteiger partial charge in [0.05, 0.1) is 11.0 Å². The van der Waals surface area contributed by atoms with Crippen LogP contribution in [-0.4, -0.2) is 4.92 Å². The Morgan fingerprint density at radius 2 is 2.18 bits per heavy atom. The molecule has 1 aromatic rings. The summed E-state index contributed by atoms with van der Waals surface area (Å²) in [6.07, 6.45) is 1.69. The first-order valence-corrected chi connectivity index (χ1v) is 5.71. The first-order chi connectivity index (χ1) is 8.07. The van der Waals surface area contributed by atoms with Crippen LogP contribution in [0.3, 0.4) is 0 Å². The number of nitrogens with zero attached hydrogens (tertiary/aromatic N) is 2. The maximum atomic E-state index is 11.1. The molecule has 0 aromatic heterocycles. The molecule has 0 atom stereocenters. The molecule has 0 unspecified atom stereocenters. The Hall–Kier alpha value is -1.89. The Balaban J connectivity index is 3.08. The van der Waals surface area contributed by atoms with Crippen LogP contribution in [0.4, 0.5) is 5.69 Å². The summed E-state index contributed by atoms with van der Waals surface area (Å²) in [6.45, 7) is 3.89. The predicted octanol–water partition coefficient (Wildman–Crippen LogP) is 3.56. The monoisotopic (exact) mass is 232 g/mol. The highest BCUT2D eigenvalue weighted by atomic mass is 16.6. The van der Waals surface area contributed by atoms with Gasteiger partial charge >= 0.3 is 0 Å². The van der Waals surface area contributed by atoms with Gasteiger partial charge in [0, 0.05) is 17.5 Å². The van der Waals surface area contributed by atoms with Crippen LogP contribution in [0.2, 0.25) is 0 Å². The molecule has 0 amide bonds. The number of unbranched alkanes of at least 4 members (excludes halogenated alkanes) is 1. The van der Waals surface area contributed by atoms with Crippen molar-refractivity contribution in [3.63, 3.8) is 0 Å². The number of benzene rings is 1. The van der Waals surface area contributed by atoms with E-state index in [0.29, 0.717) is 19.3 Å². The van der Waals surface area contributed by atoms with E-state index >= 15 is 0 Å². The van der Waals surface area contributed by atoms with E-state index in [2.05, 4.69) is 6.07 Å². The lowest BCUT2D eigenvalue weighted by molar-refractivity contribution is -0.386. The van der Waals surface area contributed by atoms with E-state index < -0.39 is 0 Å². The van der Waals surface area contributed by atoms with E-state index in [4.69, 9.17) is 5.26 Å². The number of rotatable bonds is 5. The number of nitriles is 1. The molecule has 90 valence electrons. The summed E-state index contributed by atoms with van der Waals surface area (Å²) < 4.78 is 0. The molecular weight excluding hydrogens is 216 g/mol. The second-order valence-corrected chi connectivity index (χ2v) is 4.28. The second-order valence-electron chi connectivity index (χ2n) is 4.28. The fourth-order valence-corrected chi connectivity index (χ4v) is 1.86. The Morgan fingerprint density at radius 1 is 1.47 bits per heavy atom. The number of nitro groups is 1. The van der Waals surface area contributed by atoms with Crippen molar-refractivity contribution in [2.24, 2.45) is 0 Å². The zero-order valence-corrected chi connectivity index (χ0v) is 10.1. The van der Waals surface area contributed by atoms with Crippen LogP contribution < -0.4 is 0 Å². The first-order valence-electron chi connectivity index (χ1n) is 5.71. The lowest BCUT2D eigenvalue weighted by Crippen LogP contribution is -2.02. The van der Waals surface area contributed by atoms with Crippen LogP contribution >= 0.6 is 0 Å². The highest BCUT2D eigenvalue weighted by Crippen LogP contribution is 2.30. The quantitative estimate of drug-likeness (QED) is 0.443. The molecule has 1 aromatic carbocycles. The smallest absolute Gasteiger partial charge is 0.258 e. The zero-order valence-electron chi connectivity index (χ0n) is 10.1. The molecule has 0 heterocycles. The van der Waals surface area contributed by atoms with Gasteiger partial charge in [0.15, 0.2) is 0 Å². The minimum Gasteiger partial charge on any atom is -0.258 e. The van der Waals surface area contributed by atoms with Crippen molar-refractivity contribution in [2.45, 2.75) is 39.0 Å². The van der Waals surface area contributed by atoms with Crippen molar-refractivity contribution in [3.8, 4) is 6.07 Å². The molecule has 4 nitrogen and oxygen atoms in total. The van der Waals surface area contributed by atoms with Gasteiger partial charge in [-0.3, -0.25) is 10.1 Å². The van der Waals surface area contributed by atoms with E-state index in [1.165, 1.54) is 0 Å². The van der Waals surface area contributed by atoms with E-state index in [9.17, 15) is 10.1 Å². The van der Waals surface area contributed by atoms with Gasteiger partial charge in [0.1, 0.15) is 0 Å². The largest absolute Gasteiger partial charge is 0.275 e. The molecule has 0 radical (unpaired) electrons. The number of nitro benzene ring substituents is 1. The number of hydrogen-bond acceptors (Lipinski definition) is 3. The lowest BCUT2D eigenvalue weighted by atomic mass is 9.96. The molecule has 0 saturated heterocycles. The molecule has 0 aliphatic rings. The van der Waals surface area contributed by atoms with Crippen LogP contribution in [0.5, 0.6) is 0 Å².